The van der Waals surface area contributed by atoms with Crippen LogP contribution in [-0.2, 0) is 6.54 Å². The lowest BCUT2D eigenvalue weighted by molar-refractivity contribution is -0.146. The van der Waals surface area contributed by atoms with E-state index >= 15 is 0 Å². The zero-order chi connectivity index (χ0) is 15.2. The molecule has 0 unspecified atom stereocenters. The summed E-state index contributed by atoms with van der Waals surface area (Å²) in [4.78, 5) is 1.25. The van der Waals surface area contributed by atoms with Crippen molar-refractivity contribution in [3.63, 3.8) is 0 Å². The monoisotopic (exact) mass is 292 g/mol. The zero-order valence-electron chi connectivity index (χ0n) is 11.5. The fourth-order valence-corrected chi connectivity index (χ4v) is 1.89. The Morgan fingerprint density at radius 3 is 2.30 bits per heavy atom. The number of benzene rings is 1. The van der Waals surface area contributed by atoms with Crippen molar-refractivity contribution in [3.8, 4) is 11.5 Å². The van der Waals surface area contributed by atoms with Crippen molar-refractivity contribution >= 4 is 0 Å². The lowest BCUT2D eigenvalue weighted by Crippen LogP contribution is -2.37. The largest absolute Gasteiger partial charge is 0.493 e. The molecule has 1 aromatic carbocycles. The normalized spacial score (nSPS) is 11.8. The Bertz CT molecular complexity index is 425. The highest BCUT2D eigenvalue weighted by atomic mass is 19.4. The first-order chi connectivity index (χ1) is 9.39. The van der Waals surface area contributed by atoms with Gasteiger partial charge in [0.05, 0.1) is 20.8 Å². The highest BCUT2D eigenvalue weighted by molar-refractivity contribution is 5.42. The molecule has 0 heterocycles. The number of nitrogens with zero attached hydrogens (tertiary/aromatic N) is 1. The summed E-state index contributed by atoms with van der Waals surface area (Å²) in [7, 11) is 2.98. The van der Waals surface area contributed by atoms with E-state index in [2.05, 4.69) is 0 Å². The Hall–Kier alpha value is -1.47. The molecule has 0 aliphatic carbocycles. The van der Waals surface area contributed by atoms with Crippen LogP contribution in [0.25, 0.3) is 0 Å². The summed E-state index contributed by atoms with van der Waals surface area (Å²) in [6.07, 6.45) is -4.24. The average molecular weight is 292 g/mol. The van der Waals surface area contributed by atoms with Gasteiger partial charge >= 0.3 is 6.18 Å². The topological polar surface area (TPSA) is 47.7 Å². The van der Waals surface area contributed by atoms with Gasteiger partial charge in [-0.25, -0.2) is 0 Å². The van der Waals surface area contributed by atoms with Crippen molar-refractivity contribution in [2.45, 2.75) is 12.7 Å². The molecule has 0 fully saturated rings. The number of ether oxygens (including phenoxy) is 2. The maximum Gasteiger partial charge on any atom is 0.401 e. The molecule has 1 rings (SSSR count). The second kappa shape index (κ2) is 7.35. The maximum absolute atomic E-state index is 12.5. The van der Waals surface area contributed by atoms with Crippen molar-refractivity contribution in [3.05, 3.63) is 23.8 Å². The van der Waals surface area contributed by atoms with Gasteiger partial charge in [0.25, 0.3) is 0 Å². The lowest BCUT2D eigenvalue weighted by atomic mass is 10.2. The first kappa shape index (κ1) is 16.6. The molecule has 0 aromatic heterocycles. The molecule has 0 amide bonds. The van der Waals surface area contributed by atoms with Gasteiger partial charge in [-0.3, -0.25) is 4.90 Å². The molecule has 0 atom stereocenters. The van der Waals surface area contributed by atoms with Crippen molar-refractivity contribution in [1.82, 2.24) is 4.90 Å². The second-order valence-electron chi connectivity index (χ2n) is 4.30. The van der Waals surface area contributed by atoms with Crippen LogP contribution in [0, 0.1) is 0 Å². The quantitative estimate of drug-likeness (QED) is 0.835. The minimum atomic E-state index is -4.24. The second-order valence-corrected chi connectivity index (χ2v) is 4.30. The smallest absolute Gasteiger partial charge is 0.401 e. The standard InChI is InChI=1S/C13H19F3N2O2/c1-19-11-4-3-10(7-12(11)20-2)8-18(6-5-17)9-13(14,15)16/h3-4,7H,5-6,8-9,17H2,1-2H3. The van der Waals surface area contributed by atoms with E-state index in [0.717, 1.165) is 0 Å². The molecule has 0 saturated carbocycles. The summed E-state index contributed by atoms with van der Waals surface area (Å²) in [5, 5.41) is 0. The predicted octanol–water partition coefficient (Wildman–Crippen LogP) is 2.03. The van der Waals surface area contributed by atoms with Gasteiger partial charge in [0.2, 0.25) is 0 Å². The van der Waals surface area contributed by atoms with E-state index in [1.165, 1.54) is 19.1 Å². The number of methoxy groups -OCH3 is 2. The Morgan fingerprint density at radius 2 is 1.80 bits per heavy atom. The third-order valence-corrected chi connectivity index (χ3v) is 2.70. The van der Waals surface area contributed by atoms with Crippen molar-refractivity contribution in [2.24, 2.45) is 5.73 Å². The number of nitrogens with two attached hydrogens (primary N) is 1. The molecular formula is C13H19F3N2O2. The summed E-state index contributed by atoms with van der Waals surface area (Å²) in [6, 6.07) is 5.04. The fraction of sp³-hybridized carbons (Fsp3) is 0.538. The SMILES string of the molecule is COc1ccc(CN(CCN)CC(F)(F)F)cc1OC. The van der Waals surface area contributed by atoms with Crippen LogP contribution in [0.4, 0.5) is 13.2 Å². The van der Waals surface area contributed by atoms with Crippen LogP contribution in [0.15, 0.2) is 18.2 Å². The molecule has 4 nitrogen and oxygen atoms in total. The average Bonchev–Trinajstić information content (AvgIpc) is 2.37. The maximum atomic E-state index is 12.5. The van der Waals surface area contributed by atoms with E-state index in [0.29, 0.717) is 17.1 Å². The van der Waals surface area contributed by atoms with Gasteiger partial charge in [-0.15, -0.1) is 0 Å². The van der Waals surface area contributed by atoms with E-state index in [1.807, 2.05) is 0 Å². The molecule has 0 spiro atoms. The predicted molar refractivity (Wildman–Crippen MR) is 69.9 cm³/mol. The number of alkyl halides is 3. The summed E-state index contributed by atoms with van der Waals surface area (Å²) in [5.74, 6) is 1.03. The lowest BCUT2D eigenvalue weighted by Gasteiger charge is -2.23. The third-order valence-electron chi connectivity index (χ3n) is 2.70. The fourth-order valence-electron chi connectivity index (χ4n) is 1.89. The minimum absolute atomic E-state index is 0.150. The molecule has 2 N–H and O–H groups in total. The molecule has 1 aromatic rings. The molecule has 20 heavy (non-hydrogen) atoms. The van der Waals surface area contributed by atoms with Gasteiger partial charge < -0.3 is 15.2 Å². The number of rotatable bonds is 7. The van der Waals surface area contributed by atoms with E-state index in [1.54, 1.807) is 18.2 Å². The Balaban J connectivity index is 2.82. The molecule has 0 radical (unpaired) electrons. The molecule has 0 aliphatic rings. The van der Waals surface area contributed by atoms with Gasteiger partial charge in [-0.2, -0.15) is 13.2 Å². The Morgan fingerprint density at radius 1 is 1.15 bits per heavy atom. The van der Waals surface area contributed by atoms with Gasteiger partial charge in [0.1, 0.15) is 0 Å². The molecule has 0 aliphatic heterocycles. The summed E-state index contributed by atoms with van der Waals surface area (Å²) in [5.41, 5.74) is 6.06. The Kier molecular flexibility index (Phi) is 6.09. The molecule has 0 bridgehead atoms. The number of hydrogen-bond donors (Lipinski definition) is 1. The van der Waals surface area contributed by atoms with E-state index in [9.17, 15) is 13.2 Å². The minimum Gasteiger partial charge on any atom is -0.493 e. The third kappa shape index (κ3) is 5.26. The van der Waals surface area contributed by atoms with Crippen LogP contribution < -0.4 is 15.2 Å². The van der Waals surface area contributed by atoms with Gasteiger partial charge in [-0.1, -0.05) is 6.07 Å². The summed E-state index contributed by atoms with van der Waals surface area (Å²) < 4.78 is 47.6. The van der Waals surface area contributed by atoms with Crippen molar-refractivity contribution in [2.75, 3.05) is 33.9 Å². The van der Waals surface area contributed by atoms with Crippen LogP contribution in [0.1, 0.15) is 5.56 Å². The summed E-state index contributed by atoms with van der Waals surface area (Å²) in [6.45, 7) is -0.493. The first-order valence-corrected chi connectivity index (χ1v) is 6.09. The van der Waals surface area contributed by atoms with Crippen LogP contribution in [0.5, 0.6) is 11.5 Å². The van der Waals surface area contributed by atoms with Gasteiger partial charge in [0.15, 0.2) is 11.5 Å². The van der Waals surface area contributed by atoms with Crippen molar-refractivity contribution in [1.29, 1.82) is 0 Å². The molecule has 7 heteroatoms. The van der Waals surface area contributed by atoms with Crippen LogP contribution in [0.3, 0.4) is 0 Å². The van der Waals surface area contributed by atoms with Gasteiger partial charge in [0, 0.05) is 19.6 Å². The van der Waals surface area contributed by atoms with Gasteiger partial charge in [-0.05, 0) is 17.7 Å². The number of hydrogen-bond acceptors (Lipinski definition) is 4. The van der Waals surface area contributed by atoms with E-state index < -0.39 is 12.7 Å². The number of halogens is 3. The highest BCUT2D eigenvalue weighted by Crippen LogP contribution is 2.28. The van der Waals surface area contributed by atoms with Crippen LogP contribution >= 0.6 is 0 Å². The molecule has 114 valence electrons. The van der Waals surface area contributed by atoms with Crippen LogP contribution in [0.2, 0.25) is 0 Å². The van der Waals surface area contributed by atoms with E-state index in [-0.39, 0.29) is 19.6 Å². The highest BCUT2D eigenvalue weighted by Gasteiger charge is 2.30. The molecule has 0 saturated heterocycles. The molecular weight excluding hydrogens is 273 g/mol. The first-order valence-electron chi connectivity index (χ1n) is 6.09. The summed E-state index contributed by atoms with van der Waals surface area (Å²) >= 11 is 0. The zero-order valence-corrected chi connectivity index (χ0v) is 11.5. The van der Waals surface area contributed by atoms with E-state index in [4.69, 9.17) is 15.2 Å². The Labute approximate surface area is 116 Å². The van der Waals surface area contributed by atoms with Crippen LogP contribution in [-0.4, -0.2) is 44.9 Å². The van der Waals surface area contributed by atoms with Crippen molar-refractivity contribution < 1.29 is 22.6 Å².